The molecular formula is C21H24N2O5. The van der Waals surface area contributed by atoms with E-state index in [0.29, 0.717) is 28.7 Å². The molecule has 148 valence electrons. The van der Waals surface area contributed by atoms with Crippen LogP contribution in [0.1, 0.15) is 54.4 Å². The third kappa shape index (κ3) is 4.08. The number of benzene rings is 1. The van der Waals surface area contributed by atoms with E-state index in [-0.39, 0.29) is 42.6 Å². The van der Waals surface area contributed by atoms with Gasteiger partial charge < -0.3 is 14.5 Å². The molecule has 28 heavy (non-hydrogen) atoms. The number of anilines is 1. The van der Waals surface area contributed by atoms with Crippen molar-refractivity contribution in [2.45, 2.75) is 40.3 Å². The maximum atomic E-state index is 12.4. The maximum absolute atomic E-state index is 12.4. The van der Waals surface area contributed by atoms with Crippen LogP contribution in [-0.2, 0) is 11.3 Å². The molecule has 3 rings (SSSR count). The number of hydrogen-bond acceptors (Lipinski definition) is 5. The first-order chi connectivity index (χ1) is 13.3. The van der Waals surface area contributed by atoms with Crippen LogP contribution in [-0.4, -0.2) is 30.2 Å². The van der Waals surface area contributed by atoms with Crippen LogP contribution in [0.5, 0.6) is 5.75 Å². The summed E-state index contributed by atoms with van der Waals surface area (Å²) in [4.78, 5) is 37.9. The summed E-state index contributed by atoms with van der Waals surface area (Å²) in [6, 6.07) is 8.26. The summed E-state index contributed by atoms with van der Waals surface area (Å²) in [6.45, 7) is 7.50. The van der Waals surface area contributed by atoms with Crippen molar-refractivity contribution in [2.24, 2.45) is 5.92 Å². The monoisotopic (exact) mass is 384 g/mol. The third-order valence-electron chi connectivity index (χ3n) is 4.87. The number of hydrogen-bond donors (Lipinski definition) is 1. The second kappa shape index (κ2) is 7.88. The van der Waals surface area contributed by atoms with Crippen molar-refractivity contribution in [3.05, 3.63) is 47.4 Å². The Hall–Kier alpha value is -3.09. The van der Waals surface area contributed by atoms with E-state index in [9.17, 15) is 14.4 Å². The van der Waals surface area contributed by atoms with Gasteiger partial charge in [0.25, 0.3) is 11.8 Å². The quantitative estimate of drug-likeness (QED) is 0.773. The molecule has 7 heteroatoms. The lowest BCUT2D eigenvalue weighted by Gasteiger charge is -2.29. The second-order valence-electron chi connectivity index (χ2n) is 7.28. The Kier molecular flexibility index (Phi) is 5.53. The summed E-state index contributed by atoms with van der Waals surface area (Å²) in [7, 11) is 0. The summed E-state index contributed by atoms with van der Waals surface area (Å²) in [5.74, 6) is 0.856. The molecule has 2 aromatic rings. The molecule has 0 fully saturated rings. The van der Waals surface area contributed by atoms with E-state index < -0.39 is 0 Å². The van der Waals surface area contributed by atoms with Crippen molar-refractivity contribution < 1.29 is 23.5 Å². The van der Waals surface area contributed by atoms with Crippen molar-refractivity contribution in [2.75, 3.05) is 11.5 Å². The summed E-state index contributed by atoms with van der Waals surface area (Å²) in [5.41, 5.74) is 1.00. The van der Waals surface area contributed by atoms with Crippen LogP contribution in [0, 0.1) is 5.92 Å². The second-order valence-corrected chi connectivity index (χ2v) is 7.28. The first-order valence-electron chi connectivity index (χ1n) is 9.24. The Balaban J connectivity index is 1.80. The molecule has 1 aromatic heterocycles. The molecule has 0 radical (unpaired) electrons. The van der Waals surface area contributed by atoms with Crippen LogP contribution in [0.25, 0.3) is 0 Å². The molecule has 0 saturated carbocycles. The molecule has 1 atom stereocenters. The van der Waals surface area contributed by atoms with Gasteiger partial charge >= 0.3 is 0 Å². The summed E-state index contributed by atoms with van der Waals surface area (Å²) in [5, 5.41) is 2.89. The van der Waals surface area contributed by atoms with Gasteiger partial charge in [-0.15, -0.1) is 0 Å². The highest BCUT2D eigenvalue weighted by Gasteiger charge is 2.27. The number of ether oxygens (including phenoxy) is 1. The predicted octanol–water partition coefficient (Wildman–Crippen LogP) is 3.18. The minimum absolute atomic E-state index is 0.0127. The highest BCUT2D eigenvalue weighted by molar-refractivity contribution is 6.01. The Morgan fingerprint density at radius 2 is 1.93 bits per heavy atom. The van der Waals surface area contributed by atoms with E-state index >= 15 is 0 Å². The van der Waals surface area contributed by atoms with Gasteiger partial charge in [-0.1, -0.05) is 13.8 Å². The fourth-order valence-electron chi connectivity index (χ4n) is 2.78. The van der Waals surface area contributed by atoms with Crippen LogP contribution in [0.2, 0.25) is 0 Å². The fourth-order valence-corrected chi connectivity index (χ4v) is 2.78. The molecule has 1 aliphatic rings. The van der Waals surface area contributed by atoms with Gasteiger partial charge in [-0.25, -0.2) is 0 Å². The van der Waals surface area contributed by atoms with Crippen LogP contribution < -0.4 is 15.0 Å². The molecule has 2 amide bonds. The number of carbonyl (C=O) groups is 3. The topological polar surface area (TPSA) is 88.9 Å². The van der Waals surface area contributed by atoms with Crippen molar-refractivity contribution in [1.82, 2.24) is 5.32 Å². The standard InChI is InChI=1S/C21H24N2O5/c1-12(2)13(3)22-21(26)19-8-6-16(28-19)10-23-17-9-15(14(4)24)5-7-18(17)27-11-20(23)25/h5-9,12-13H,10-11H2,1-4H3,(H,22,26)/t13-/m0/s1. The lowest BCUT2D eigenvalue weighted by Crippen LogP contribution is -2.38. The summed E-state index contributed by atoms with van der Waals surface area (Å²) in [6.07, 6.45) is 0. The first-order valence-corrected chi connectivity index (χ1v) is 9.24. The van der Waals surface area contributed by atoms with Gasteiger partial charge in [-0.05, 0) is 50.1 Å². The Morgan fingerprint density at radius 1 is 1.18 bits per heavy atom. The fraction of sp³-hybridized carbons (Fsp3) is 0.381. The van der Waals surface area contributed by atoms with Crippen LogP contribution in [0.4, 0.5) is 5.69 Å². The molecule has 1 aromatic carbocycles. The number of rotatable bonds is 6. The predicted molar refractivity (Wildman–Crippen MR) is 104 cm³/mol. The summed E-state index contributed by atoms with van der Waals surface area (Å²) < 4.78 is 11.1. The third-order valence-corrected chi connectivity index (χ3v) is 4.87. The number of carbonyl (C=O) groups excluding carboxylic acids is 3. The number of amides is 2. The van der Waals surface area contributed by atoms with E-state index in [1.807, 2.05) is 20.8 Å². The highest BCUT2D eigenvalue weighted by atomic mass is 16.5. The average Bonchev–Trinajstić information content (AvgIpc) is 3.12. The molecule has 0 unspecified atom stereocenters. The first kappa shape index (κ1) is 19.7. The molecule has 2 heterocycles. The zero-order valence-electron chi connectivity index (χ0n) is 16.4. The smallest absolute Gasteiger partial charge is 0.287 e. The molecule has 0 saturated heterocycles. The summed E-state index contributed by atoms with van der Waals surface area (Å²) >= 11 is 0. The Bertz CT molecular complexity index is 915. The lowest BCUT2D eigenvalue weighted by atomic mass is 10.1. The van der Waals surface area contributed by atoms with Gasteiger partial charge in [0.05, 0.1) is 12.2 Å². The van der Waals surface area contributed by atoms with E-state index in [1.165, 1.54) is 11.8 Å². The van der Waals surface area contributed by atoms with E-state index in [0.717, 1.165) is 0 Å². The number of nitrogens with zero attached hydrogens (tertiary/aromatic N) is 1. The normalized spacial score (nSPS) is 14.5. The highest BCUT2D eigenvalue weighted by Crippen LogP contribution is 2.34. The van der Waals surface area contributed by atoms with Crippen LogP contribution in [0.3, 0.4) is 0 Å². The van der Waals surface area contributed by atoms with Gasteiger partial charge in [-0.3, -0.25) is 19.3 Å². The Labute approximate surface area is 163 Å². The van der Waals surface area contributed by atoms with Gasteiger partial charge in [0, 0.05) is 11.6 Å². The van der Waals surface area contributed by atoms with E-state index in [2.05, 4.69) is 5.32 Å². The largest absolute Gasteiger partial charge is 0.482 e. The van der Waals surface area contributed by atoms with Crippen LogP contribution >= 0.6 is 0 Å². The molecule has 0 spiro atoms. The zero-order valence-corrected chi connectivity index (χ0v) is 16.4. The van der Waals surface area contributed by atoms with Crippen molar-refractivity contribution in [3.8, 4) is 5.75 Å². The molecule has 0 bridgehead atoms. The van der Waals surface area contributed by atoms with Gasteiger partial charge in [0.15, 0.2) is 18.2 Å². The molecule has 0 aliphatic carbocycles. The lowest BCUT2D eigenvalue weighted by molar-refractivity contribution is -0.121. The maximum Gasteiger partial charge on any atom is 0.287 e. The van der Waals surface area contributed by atoms with E-state index in [4.69, 9.17) is 9.15 Å². The van der Waals surface area contributed by atoms with Gasteiger partial charge in [-0.2, -0.15) is 0 Å². The van der Waals surface area contributed by atoms with Crippen molar-refractivity contribution in [1.29, 1.82) is 0 Å². The molecular weight excluding hydrogens is 360 g/mol. The van der Waals surface area contributed by atoms with Crippen molar-refractivity contribution >= 4 is 23.3 Å². The average molecular weight is 384 g/mol. The number of nitrogens with one attached hydrogen (secondary N) is 1. The number of furan rings is 1. The molecule has 1 N–H and O–H groups in total. The minimum Gasteiger partial charge on any atom is -0.482 e. The number of fused-ring (bicyclic) bond motifs is 1. The zero-order chi connectivity index (χ0) is 20.4. The minimum atomic E-state index is -0.292. The van der Waals surface area contributed by atoms with Gasteiger partial charge in [0.2, 0.25) is 0 Å². The van der Waals surface area contributed by atoms with E-state index in [1.54, 1.807) is 30.3 Å². The number of Topliss-reactive ketones (excluding diaryl/α,β-unsaturated/α-hetero) is 1. The van der Waals surface area contributed by atoms with Gasteiger partial charge in [0.1, 0.15) is 11.5 Å². The molecule has 1 aliphatic heterocycles. The van der Waals surface area contributed by atoms with Crippen molar-refractivity contribution in [3.63, 3.8) is 0 Å². The number of ketones is 1. The molecule has 7 nitrogen and oxygen atoms in total. The van der Waals surface area contributed by atoms with Crippen LogP contribution in [0.15, 0.2) is 34.7 Å². The SMILES string of the molecule is CC(=O)c1ccc2c(c1)N(Cc1ccc(C(=O)N[C@@H](C)C(C)C)o1)C(=O)CO2. The Morgan fingerprint density at radius 3 is 2.61 bits per heavy atom.